The lowest BCUT2D eigenvalue weighted by Crippen LogP contribution is -2.45. The van der Waals surface area contributed by atoms with Gasteiger partial charge in [-0.1, -0.05) is 19.1 Å². The van der Waals surface area contributed by atoms with Gasteiger partial charge >= 0.3 is 0 Å². The number of hydrogen-bond acceptors (Lipinski definition) is 3. The topological polar surface area (TPSA) is 49.5 Å². The van der Waals surface area contributed by atoms with Crippen LogP contribution in [0.25, 0.3) is 0 Å². The number of thiocarbonyl (C=S) groups is 1. The van der Waals surface area contributed by atoms with Gasteiger partial charge in [-0.3, -0.25) is 0 Å². The first-order valence-electron chi connectivity index (χ1n) is 4.71. The Morgan fingerprint density at radius 2 is 2.08 bits per heavy atom. The number of β-amino-alcohol motifs (C(OH)–C–C–N with tert-alkyl or cyclic N) is 1. The summed E-state index contributed by atoms with van der Waals surface area (Å²) < 4.78 is 0. The molecule has 4 heteroatoms. The Bertz CT molecular complexity index is 188. The van der Waals surface area contributed by atoms with E-state index in [9.17, 15) is 0 Å². The molecule has 0 aromatic heterocycles. The number of nitrogens with zero attached hydrogens (tertiary/aromatic N) is 1. The molecule has 3 nitrogen and oxygen atoms in total. The van der Waals surface area contributed by atoms with Crippen molar-refractivity contribution in [1.82, 2.24) is 4.90 Å². The minimum absolute atomic E-state index is 0.0429. The van der Waals surface area contributed by atoms with Crippen LogP contribution in [0.3, 0.4) is 0 Å². The summed E-state index contributed by atoms with van der Waals surface area (Å²) in [6.45, 7) is 5.13. The lowest BCUT2D eigenvalue weighted by Gasteiger charge is -2.38. The number of rotatable bonds is 3. The summed E-state index contributed by atoms with van der Waals surface area (Å²) in [4.78, 5) is 2.89. The Morgan fingerprint density at radius 1 is 1.54 bits per heavy atom. The van der Waals surface area contributed by atoms with Crippen LogP contribution in [-0.2, 0) is 0 Å². The lowest BCUT2D eigenvalue weighted by molar-refractivity contribution is 0.134. The third-order valence-electron chi connectivity index (χ3n) is 2.97. The fourth-order valence-corrected chi connectivity index (χ4v) is 1.86. The van der Waals surface area contributed by atoms with Gasteiger partial charge in [0.05, 0.1) is 11.6 Å². The molecule has 1 heterocycles. The Labute approximate surface area is 84.9 Å². The highest BCUT2D eigenvalue weighted by Crippen LogP contribution is 2.30. The summed E-state index contributed by atoms with van der Waals surface area (Å²) in [5, 5.41) is 8.77. The van der Waals surface area contributed by atoms with Crippen LogP contribution < -0.4 is 5.73 Å². The van der Waals surface area contributed by atoms with Gasteiger partial charge in [-0.2, -0.15) is 0 Å². The van der Waals surface area contributed by atoms with E-state index in [-0.39, 0.29) is 12.0 Å². The maximum Gasteiger partial charge on any atom is 0.0788 e. The quantitative estimate of drug-likeness (QED) is 0.649. The van der Waals surface area contributed by atoms with E-state index in [4.69, 9.17) is 23.1 Å². The molecule has 3 N–H and O–H groups in total. The van der Waals surface area contributed by atoms with E-state index >= 15 is 0 Å². The summed E-state index contributed by atoms with van der Waals surface area (Å²) in [5.41, 5.74) is 5.73. The summed E-state index contributed by atoms with van der Waals surface area (Å²) >= 11 is 5.04. The molecular weight excluding hydrogens is 184 g/mol. The van der Waals surface area contributed by atoms with Gasteiger partial charge in [0.25, 0.3) is 0 Å². The summed E-state index contributed by atoms with van der Waals surface area (Å²) in [5.74, 6) is 0. The van der Waals surface area contributed by atoms with Gasteiger partial charge in [-0.25, -0.2) is 0 Å². The molecule has 0 saturated carbocycles. The summed E-state index contributed by atoms with van der Waals surface area (Å²) in [6, 6.07) is 0. The molecule has 0 aromatic rings. The van der Waals surface area contributed by atoms with Gasteiger partial charge in [-0.15, -0.1) is 0 Å². The van der Waals surface area contributed by atoms with Crippen molar-refractivity contribution in [1.29, 1.82) is 0 Å². The normalized spacial score (nSPS) is 22.9. The largest absolute Gasteiger partial charge is 0.395 e. The molecule has 0 atom stereocenters. The zero-order valence-corrected chi connectivity index (χ0v) is 8.94. The van der Waals surface area contributed by atoms with E-state index in [1.54, 1.807) is 0 Å². The zero-order chi connectivity index (χ0) is 9.90. The summed E-state index contributed by atoms with van der Waals surface area (Å²) in [6.07, 6.45) is 2.03. The standard InChI is InChI=1S/C9H18N2OS/c1-9(8(10)13)2-4-11(5-3-9)6-7-12/h12H,2-7H2,1H3,(H2,10,13). The number of nitrogens with two attached hydrogens (primary N) is 1. The Kier molecular flexibility index (Phi) is 3.64. The van der Waals surface area contributed by atoms with Crippen LogP contribution in [0.15, 0.2) is 0 Å². The van der Waals surface area contributed by atoms with Gasteiger partial charge in [0, 0.05) is 12.0 Å². The molecule has 1 fully saturated rings. The molecular formula is C9H18N2OS. The average Bonchev–Trinajstić information content (AvgIpc) is 2.09. The second-order valence-corrected chi connectivity index (χ2v) is 4.43. The van der Waals surface area contributed by atoms with Gasteiger partial charge in [-0.05, 0) is 25.9 Å². The second kappa shape index (κ2) is 4.35. The Hall–Kier alpha value is -0.190. The van der Waals surface area contributed by atoms with Crippen molar-refractivity contribution in [3.05, 3.63) is 0 Å². The molecule has 1 saturated heterocycles. The number of likely N-dealkylation sites (tertiary alicyclic amines) is 1. The van der Waals surface area contributed by atoms with Crippen LogP contribution >= 0.6 is 12.2 Å². The fraction of sp³-hybridized carbons (Fsp3) is 0.889. The Morgan fingerprint density at radius 3 is 2.46 bits per heavy atom. The van der Waals surface area contributed by atoms with Crippen molar-refractivity contribution in [2.75, 3.05) is 26.2 Å². The van der Waals surface area contributed by atoms with Crippen LogP contribution in [0.1, 0.15) is 19.8 Å². The molecule has 0 radical (unpaired) electrons. The molecule has 0 aromatic carbocycles. The highest BCUT2D eigenvalue weighted by molar-refractivity contribution is 7.80. The molecule has 13 heavy (non-hydrogen) atoms. The number of piperidine rings is 1. The first-order chi connectivity index (χ1) is 6.08. The highest BCUT2D eigenvalue weighted by atomic mass is 32.1. The van der Waals surface area contributed by atoms with Crippen molar-refractivity contribution in [2.45, 2.75) is 19.8 Å². The van der Waals surface area contributed by atoms with Crippen molar-refractivity contribution in [3.63, 3.8) is 0 Å². The van der Waals surface area contributed by atoms with Crippen molar-refractivity contribution >= 4 is 17.2 Å². The van der Waals surface area contributed by atoms with Crippen molar-refractivity contribution < 1.29 is 5.11 Å². The SMILES string of the molecule is CC1(C(N)=S)CCN(CCO)CC1. The monoisotopic (exact) mass is 202 g/mol. The van der Waals surface area contributed by atoms with Crippen LogP contribution in [-0.4, -0.2) is 41.2 Å². The first-order valence-corrected chi connectivity index (χ1v) is 5.12. The minimum atomic E-state index is 0.0429. The van der Waals surface area contributed by atoms with Crippen LogP contribution in [0, 0.1) is 5.41 Å². The van der Waals surface area contributed by atoms with Crippen molar-refractivity contribution in [3.8, 4) is 0 Å². The van der Waals surface area contributed by atoms with E-state index in [0.29, 0.717) is 4.99 Å². The molecule has 0 unspecified atom stereocenters. The maximum absolute atomic E-state index is 8.77. The van der Waals surface area contributed by atoms with Gasteiger partial charge in [0.2, 0.25) is 0 Å². The molecule has 1 aliphatic heterocycles. The number of aliphatic hydroxyl groups is 1. The van der Waals surface area contributed by atoms with Gasteiger partial charge < -0.3 is 15.7 Å². The van der Waals surface area contributed by atoms with E-state index in [2.05, 4.69) is 11.8 Å². The van der Waals surface area contributed by atoms with Gasteiger partial charge in [0.15, 0.2) is 0 Å². The zero-order valence-electron chi connectivity index (χ0n) is 8.12. The predicted molar refractivity (Wildman–Crippen MR) is 57.7 cm³/mol. The molecule has 1 rings (SSSR count). The number of hydrogen-bond donors (Lipinski definition) is 2. The third kappa shape index (κ3) is 2.62. The predicted octanol–water partition coefficient (Wildman–Crippen LogP) is 0.367. The minimum Gasteiger partial charge on any atom is -0.395 e. The lowest BCUT2D eigenvalue weighted by atomic mass is 9.80. The molecule has 0 spiro atoms. The average molecular weight is 202 g/mol. The van der Waals surface area contributed by atoms with Crippen molar-refractivity contribution in [2.24, 2.45) is 11.1 Å². The molecule has 76 valence electrons. The summed E-state index contributed by atoms with van der Waals surface area (Å²) in [7, 11) is 0. The molecule has 0 bridgehead atoms. The smallest absolute Gasteiger partial charge is 0.0788 e. The van der Waals surface area contributed by atoms with Gasteiger partial charge in [0.1, 0.15) is 0 Å². The second-order valence-electron chi connectivity index (χ2n) is 3.99. The number of aliphatic hydroxyl groups excluding tert-OH is 1. The van der Waals surface area contributed by atoms with E-state index in [1.165, 1.54) is 0 Å². The molecule has 0 amide bonds. The van der Waals surface area contributed by atoms with E-state index < -0.39 is 0 Å². The fourth-order valence-electron chi connectivity index (χ4n) is 1.66. The first kappa shape index (κ1) is 10.9. The van der Waals surface area contributed by atoms with E-state index in [1.807, 2.05) is 0 Å². The Balaban J connectivity index is 2.42. The third-order valence-corrected chi connectivity index (χ3v) is 3.46. The maximum atomic E-state index is 8.77. The van der Waals surface area contributed by atoms with E-state index in [0.717, 1.165) is 32.5 Å². The van der Waals surface area contributed by atoms with Crippen LogP contribution in [0.5, 0.6) is 0 Å². The van der Waals surface area contributed by atoms with Crippen LogP contribution in [0.2, 0.25) is 0 Å². The van der Waals surface area contributed by atoms with Crippen LogP contribution in [0.4, 0.5) is 0 Å². The highest BCUT2D eigenvalue weighted by Gasteiger charge is 2.32. The molecule has 1 aliphatic rings. The molecule has 0 aliphatic carbocycles.